The smallest absolute Gasteiger partial charge is 0.243 e. The van der Waals surface area contributed by atoms with Gasteiger partial charge >= 0.3 is 0 Å². The molecule has 0 heterocycles. The fourth-order valence-corrected chi connectivity index (χ4v) is 2.00. The maximum absolute atomic E-state index is 10.5. The van der Waals surface area contributed by atoms with Crippen molar-refractivity contribution in [1.82, 2.24) is 5.32 Å². The molecule has 2 aromatic rings. The first kappa shape index (κ1) is 15.2. The molecule has 0 fully saturated rings. The van der Waals surface area contributed by atoms with Crippen molar-refractivity contribution in [2.24, 2.45) is 5.73 Å². The van der Waals surface area contributed by atoms with Gasteiger partial charge in [-0.2, -0.15) is 0 Å². The van der Waals surface area contributed by atoms with E-state index in [1.165, 1.54) is 16.7 Å². The van der Waals surface area contributed by atoms with Crippen LogP contribution in [-0.2, 0) is 16.1 Å². The van der Waals surface area contributed by atoms with Gasteiger partial charge in [-0.3, -0.25) is 4.79 Å². The molecule has 0 aromatic heterocycles. The van der Waals surface area contributed by atoms with E-state index in [9.17, 15) is 4.79 Å². The first-order chi connectivity index (χ1) is 10.3. The minimum atomic E-state index is -0.438. The zero-order valence-corrected chi connectivity index (χ0v) is 11.9. The summed E-state index contributed by atoms with van der Waals surface area (Å²) < 4.78 is 5.07. The number of rotatable bonds is 8. The monoisotopic (exact) mass is 284 g/mol. The Balaban J connectivity index is 1.74. The van der Waals surface area contributed by atoms with E-state index in [-0.39, 0.29) is 6.61 Å². The standard InChI is InChI=1S/C17H20N2O2/c18-17(20)13-21-11-10-19-12-14-6-8-16(9-7-14)15-4-2-1-3-5-15/h1-9,19H,10-13H2,(H2,18,20). The minimum absolute atomic E-state index is 0.0204. The van der Waals surface area contributed by atoms with Crippen LogP contribution >= 0.6 is 0 Å². The summed E-state index contributed by atoms with van der Waals surface area (Å²) in [4.78, 5) is 10.5. The minimum Gasteiger partial charge on any atom is -0.370 e. The van der Waals surface area contributed by atoms with Crippen LogP contribution in [0.2, 0.25) is 0 Å². The molecule has 0 unspecified atom stereocenters. The Morgan fingerprint density at radius 2 is 1.67 bits per heavy atom. The number of nitrogens with one attached hydrogen (secondary N) is 1. The quantitative estimate of drug-likeness (QED) is 0.728. The van der Waals surface area contributed by atoms with Crippen LogP contribution in [0.3, 0.4) is 0 Å². The van der Waals surface area contributed by atoms with E-state index in [1.807, 2.05) is 18.2 Å². The highest BCUT2D eigenvalue weighted by Gasteiger charge is 1.98. The highest BCUT2D eigenvalue weighted by atomic mass is 16.5. The van der Waals surface area contributed by atoms with Crippen LogP contribution in [0.5, 0.6) is 0 Å². The molecule has 0 atom stereocenters. The number of ether oxygens (including phenoxy) is 1. The molecule has 0 radical (unpaired) electrons. The lowest BCUT2D eigenvalue weighted by Crippen LogP contribution is -2.23. The summed E-state index contributed by atoms with van der Waals surface area (Å²) in [5.41, 5.74) is 8.62. The van der Waals surface area contributed by atoms with E-state index in [0.717, 1.165) is 6.54 Å². The summed E-state index contributed by atoms with van der Waals surface area (Å²) in [5.74, 6) is -0.438. The zero-order valence-electron chi connectivity index (χ0n) is 11.9. The Labute approximate surface area is 124 Å². The van der Waals surface area contributed by atoms with E-state index in [2.05, 4.69) is 41.7 Å². The summed E-state index contributed by atoms with van der Waals surface area (Å²) in [6.07, 6.45) is 0. The molecule has 0 saturated heterocycles. The van der Waals surface area contributed by atoms with Crippen LogP contribution in [0.25, 0.3) is 11.1 Å². The van der Waals surface area contributed by atoms with E-state index in [0.29, 0.717) is 13.2 Å². The van der Waals surface area contributed by atoms with Crippen molar-refractivity contribution in [3.8, 4) is 11.1 Å². The Kier molecular flexibility index (Phi) is 5.94. The van der Waals surface area contributed by atoms with Gasteiger partial charge in [0.15, 0.2) is 0 Å². The van der Waals surface area contributed by atoms with Gasteiger partial charge in [0.05, 0.1) is 6.61 Å². The van der Waals surface area contributed by atoms with Gasteiger partial charge in [0.2, 0.25) is 5.91 Å². The number of carbonyl (C=O) groups excluding carboxylic acids is 1. The number of nitrogens with two attached hydrogens (primary N) is 1. The highest BCUT2D eigenvalue weighted by molar-refractivity contribution is 5.74. The second-order valence-electron chi connectivity index (χ2n) is 4.76. The predicted octanol–water partition coefficient (Wildman–Crippen LogP) is 1.95. The highest BCUT2D eigenvalue weighted by Crippen LogP contribution is 2.18. The molecule has 21 heavy (non-hydrogen) atoms. The Bertz CT molecular complexity index is 553. The lowest BCUT2D eigenvalue weighted by atomic mass is 10.0. The third-order valence-electron chi connectivity index (χ3n) is 3.06. The summed E-state index contributed by atoms with van der Waals surface area (Å²) in [6.45, 7) is 1.92. The van der Waals surface area contributed by atoms with Gasteiger partial charge in [0, 0.05) is 13.1 Å². The van der Waals surface area contributed by atoms with E-state index < -0.39 is 5.91 Å². The summed E-state index contributed by atoms with van der Waals surface area (Å²) in [6, 6.07) is 18.8. The number of benzene rings is 2. The normalized spacial score (nSPS) is 10.5. The molecular weight excluding hydrogens is 264 g/mol. The van der Waals surface area contributed by atoms with Crippen LogP contribution in [-0.4, -0.2) is 25.7 Å². The topological polar surface area (TPSA) is 64.4 Å². The predicted molar refractivity (Wildman–Crippen MR) is 83.6 cm³/mol. The summed E-state index contributed by atoms with van der Waals surface area (Å²) >= 11 is 0. The van der Waals surface area contributed by atoms with Gasteiger partial charge in [0.1, 0.15) is 6.61 Å². The Hall–Kier alpha value is -2.17. The first-order valence-electron chi connectivity index (χ1n) is 6.97. The molecule has 2 rings (SSSR count). The molecule has 4 heteroatoms. The van der Waals surface area contributed by atoms with Crippen molar-refractivity contribution < 1.29 is 9.53 Å². The molecule has 0 bridgehead atoms. The van der Waals surface area contributed by atoms with Crippen molar-refractivity contribution in [2.45, 2.75) is 6.54 Å². The Morgan fingerprint density at radius 1 is 1.00 bits per heavy atom. The molecule has 0 saturated carbocycles. The summed E-state index contributed by atoms with van der Waals surface area (Å²) in [7, 11) is 0. The van der Waals surface area contributed by atoms with Gasteiger partial charge in [-0.1, -0.05) is 54.6 Å². The van der Waals surface area contributed by atoms with Crippen molar-refractivity contribution >= 4 is 5.91 Å². The molecule has 2 aromatic carbocycles. The third kappa shape index (κ3) is 5.38. The molecule has 110 valence electrons. The van der Waals surface area contributed by atoms with Gasteiger partial charge in [-0.15, -0.1) is 0 Å². The number of carbonyl (C=O) groups is 1. The van der Waals surface area contributed by atoms with E-state index in [1.54, 1.807) is 0 Å². The fourth-order valence-electron chi connectivity index (χ4n) is 2.00. The van der Waals surface area contributed by atoms with Gasteiger partial charge in [-0.25, -0.2) is 0 Å². The Morgan fingerprint density at radius 3 is 2.33 bits per heavy atom. The maximum atomic E-state index is 10.5. The van der Waals surface area contributed by atoms with Crippen molar-refractivity contribution in [3.63, 3.8) is 0 Å². The summed E-state index contributed by atoms with van der Waals surface area (Å²) in [5, 5.41) is 3.26. The number of hydrogen-bond acceptors (Lipinski definition) is 3. The molecule has 4 nitrogen and oxygen atoms in total. The van der Waals surface area contributed by atoms with Crippen molar-refractivity contribution in [3.05, 3.63) is 60.2 Å². The van der Waals surface area contributed by atoms with E-state index in [4.69, 9.17) is 10.5 Å². The molecule has 0 spiro atoms. The molecule has 1 amide bonds. The van der Waals surface area contributed by atoms with Crippen LogP contribution in [0, 0.1) is 0 Å². The van der Waals surface area contributed by atoms with Crippen LogP contribution in [0.1, 0.15) is 5.56 Å². The largest absolute Gasteiger partial charge is 0.370 e. The third-order valence-corrected chi connectivity index (χ3v) is 3.06. The van der Waals surface area contributed by atoms with Crippen LogP contribution in [0.15, 0.2) is 54.6 Å². The SMILES string of the molecule is NC(=O)COCCNCc1ccc(-c2ccccc2)cc1. The average molecular weight is 284 g/mol. The van der Waals surface area contributed by atoms with Gasteiger partial charge in [0.25, 0.3) is 0 Å². The van der Waals surface area contributed by atoms with Crippen molar-refractivity contribution in [1.29, 1.82) is 0 Å². The lowest BCUT2D eigenvalue weighted by Gasteiger charge is -2.07. The number of primary amides is 1. The van der Waals surface area contributed by atoms with Crippen LogP contribution < -0.4 is 11.1 Å². The molecular formula is C17H20N2O2. The molecule has 3 N–H and O–H groups in total. The number of amides is 1. The van der Waals surface area contributed by atoms with Crippen molar-refractivity contribution in [2.75, 3.05) is 19.8 Å². The number of hydrogen-bond donors (Lipinski definition) is 2. The van der Waals surface area contributed by atoms with Crippen LogP contribution in [0.4, 0.5) is 0 Å². The van der Waals surface area contributed by atoms with E-state index >= 15 is 0 Å². The average Bonchev–Trinajstić information content (AvgIpc) is 2.52. The lowest BCUT2D eigenvalue weighted by molar-refractivity contribution is -0.122. The second kappa shape index (κ2) is 8.19. The zero-order chi connectivity index (χ0) is 14.9. The van der Waals surface area contributed by atoms with Gasteiger partial charge in [-0.05, 0) is 16.7 Å². The molecule has 0 aliphatic heterocycles. The fraction of sp³-hybridized carbons (Fsp3) is 0.235. The molecule has 0 aliphatic carbocycles. The second-order valence-corrected chi connectivity index (χ2v) is 4.76. The molecule has 0 aliphatic rings. The van der Waals surface area contributed by atoms with Gasteiger partial charge < -0.3 is 15.8 Å². The first-order valence-corrected chi connectivity index (χ1v) is 6.97. The maximum Gasteiger partial charge on any atom is 0.243 e.